The molecule has 0 bridgehead atoms. The van der Waals surface area contributed by atoms with Crippen molar-refractivity contribution in [2.24, 2.45) is 12.8 Å². The number of carbonyl (C=O) groups is 1. The SMILES string of the molecule is CCOC(=O)[C@@H](N)CCc1nc2cc(N(CCCl)CCCl)ccc2n1C. The van der Waals surface area contributed by atoms with Crippen LogP contribution in [-0.2, 0) is 23.0 Å². The van der Waals surface area contributed by atoms with Gasteiger partial charge in [0.2, 0.25) is 0 Å². The average molecular weight is 401 g/mol. The molecule has 0 radical (unpaired) electrons. The van der Waals surface area contributed by atoms with E-state index in [2.05, 4.69) is 11.0 Å². The number of carbonyl (C=O) groups excluding carboxylic acids is 1. The van der Waals surface area contributed by atoms with Crippen molar-refractivity contribution in [3.05, 3.63) is 24.0 Å². The van der Waals surface area contributed by atoms with Crippen LogP contribution in [0.1, 0.15) is 19.2 Å². The van der Waals surface area contributed by atoms with Crippen LogP contribution in [0, 0.1) is 0 Å². The van der Waals surface area contributed by atoms with Crippen molar-refractivity contribution < 1.29 is 9.53 Å². The predicted octanol–water partition coefficient (Wildman–Crippen LogP) is 2.68. The van der Waals surface area contributed by atoms with Crippen molar-refractivity contribution in [1.82, 2.24) is 9.55 Å². The summed E-state index contributed by atoms with van der Waals surface area (Å²) in [5.74, 6) is 1.59. The van der Waals surface area contributed by atoms with Crippen LogP contribution in [0.25, 0.3) is 11.0 Å². The number of nitrogens with two attached hydrogens (primary N) is 1. The van der Waals surface area contributed by atoms with Gasteiger partial charge in [0.15, 0.2) is 0 Å². The standard InChI is InChI=1S/C18H26Cl2N4O2/c1-3-26-18(25)14(21)5-7-17-22-15-12-13(4-6-16(15)23(17)2)24(10-8-19)11-9-20/h4,6,12,14H,3,5,7-11,21H2,1-2H3/t14-/m0/s1. The number of esters is 1. The van der Waals surface area contributed by atoms with Gasteiger partial charge in [-0.3, -0.25) is 4.79 Å². The molecule has 0 unspecified atom stereocenters. The molecule has 144 valence electrons. The van der Waals surface area contributed by atoms with Gasteiger partial charge in [-0.15, -0.1) is 23.2 Å². The lowest BCUT2D eigenvalue weighted by Gasteiger charge is -2.22. The van der Waals surface area contributed by atoms with Crippen molar-refractivity contribution in [3.63, 3.8) is 0 Å². The van der Waals surface area contributed by atoms with E-state index in [0.717, 1.165) is 35.6 Å². The van der Waals surface area contributed by atoms with Crippen LogP contribution in [0.2, 0.25) is 0 Å². The molecule has 1 aromatic carbocycles. The third-order valence-corrected chi connectivity index (χ3v) is 4.64. The summed E-state index contributed by atoms with van der Waals surface area (Å²) in [6, 6.07) is 5.51. The Hall–Kier alpha value is -1.50. The molecule has 0 saturated carbocycles. The van der Waals surface area contributed by atoms with Gasteiger partial charge < -0.3 is 19.9 Å². The lowest BCUT2D eigenvalue weighted by molar-refractivity contribution is -0.144. The molecule has 0 amide bonds. The molecule has 0 fully saturated rings. The van der Waals surface area contributed by atoms with Gasteiger partial charge in [-0.1, -0.05) is 0 Å². The molecular weight excluding hydrogens is 375 g/mol. The van der Waals surface area contributed by atoms with E-state index < -0.39 is 6.04 Å². The van der Waals surface area contributed by atoms with Gasteiger partial charge in [0.1, 0.15) is 11.9 Å². The van der Waals surface area contributed by atoms with E-state index in [1.165, 1.54) is 0 Å². The highest BCUT2D eigenvalue weighted by atomic mass is 35.5. The number of ether oxygens (including phenoxy) is 1. The topological polar surface area (TPSA) is 73.4 Å². The first-order chi connectivity index (χ1) is 12.5. The van der Waals surface area contributed by atoms with E-state index in [4.69, 9.17) is 38.7 Å². The van der Waals surface area contributed by atoms with Crippen LogP contribution >= 0.6 is 23.2 Å². The maximum absolute atomic E-state index is 11.7. The summed E-state index contributed by atoms with van der Waals surface area (Å²) in [7, 11) is 1.97. The lowest BCUT2D eigenvalue weighted by atomic mass is 10.1. The first kappa shape index (κ1) is 20.8. The Morgan fingerprint density at radius 1 is 1.35 bits per heavy atom. The minimum Gasteiger partial charge on any atom is -0.465 e. The number of imidazole rings is 1. The zero-order valence-corrected chi connectivity index (χ0v) is 16.8. The molecule has 8 heteroatoms. The number of anilines is 1. The quantitative estimate of drug-likeness (QED) is 0.490. The number of rotatable bonds is 10. The molecule has 2 rings (SSSR count). The van der Waals surface area contributed by atoms with Crippen LogP contribution in [0.3, 0.4) is 0 Å². The zero-order chi connectivity index (χ0) is 19.1. The van der Waals surface area contributed by atoms with E-state index in [1.54, 1.807) is 6.92 Å². The fourth-order valence-corrected chi connectivity index (χ4v) is 3.29. The largest absolute Gasteiger partial charge is 0.465 e. The minimum absolute atomic E-state index is 0.336. The van der Waals surface area contributed by atoms with Gasteiger partial charge in [0, 0.05) is 44.0 Å². The number of hydrogen-bond acceptors (Lipinski definition) is 5. The average Bonchev–Trinajstić information content (AvgIpc) is 2.95. The second-order valence-electron chi connectivity index (χ2n) is 6.02. The number of benzene rings is 1. The fraction of sp³-hybridized carbons (Fsp3) is 0.556. The van der Waals surface area contributed by atoms with Crippen LogP contribution in [0.5, 0.6) is 0 Å². The van der Waals surface area contributed by atoms with Crippen molar-refractivity contribution in [2.75, 3.05) is 36.4 Å². The Bertz CT molecular complexity index is 729. The van der Waals surface area contributed by atoms with Crippen molar-refractivity contribution in [1.29, 1.82) is 0 Å². The maximum Gasteiger partial charge on any atom is 0.322 e. The van der Waals surface area contributed by atoms with Gasteiger partial charge in [-0.2, -0.15) is 0 Å². The van der Waals surface area contributed by atoms with E-state index in [-0.39, 0.29) is 5.97 Å². The van der Waals surface area contributed by atoms with Crippen molar-refractivity contribution in [3.8, 4) is 0 Å². The molecule has 0 aliphatic heterocycles. The normalized spacial score (nSPS) is 12.3. The Morgan fingerprint density at radius 2 is 2.04 bits per heavy atom. The minimum atomic E-state index is -0.631. The Kier molecular flexibility index (Phi) is 8.00. The number of halogens is 2. The molecule has 0 saturated heterocycles. The Balaban J connectivity index is 2.17. The summed E-state index contributed by atoms with van der Waals surface area (Å²) in [5.41, 5.74) is 8.86. The van der Waals surface area contributed by atoms with Crippen LogP contribution in [0.15, 0.2) is 18.2 Å². The number of hydrogen-bond donors (Lipinski definition) is 1. The van der Waals surface area contributed by atoms with Gasteiger partial charge >= 0.3 is 5.97 Å². The maximum atomic E-state index is 11.7. The summed E-state index contributed by atoms with van der Waals surface area (Å²) in [4.78, 5) is 18.5. The molecule has 0 spiro atoms. The number of fused-ring (bicyclic) bond motifs is 1. The lowest BCUT2D eigenvalue weighted by Crippen LogP contribution is -2.33. The molecule has 1 heterocycles. The summed E-state index contributed by atoms with van der Waals surface area (Å²) in [6.45, 7) is 3.57. The van der Waals surface area contributed by atoms with Crippen LogP contribution in [0.4, 0.5) is 5.69 Å². The van der Waals surface area contributed by atoms with Crippen molar-refractivity contribution >= 4 is 45.9 Å². The van der Waals surface area contributed by atoms with E-state index in [1.807, 2.05) is 23.7 Å². The van der Waals surface area contributed by atoms with Gasteiger partial charge in [0.05, 0.1) is 17.6 Å². The van der Waals surface area contributed by atoms with E-state index >= 15 is 0 Å². The zero-order valence-electron chi connectivity index (χ0n) is 15.3. The molecule has 2 aromatic rings. The molecule has 1 atom stereocenters. The molecule has 0 aliphatic carbocycles. The highest BCUT2D eigenvalue weighted by molar-refractivity contribution is 6.18. The molecule has 26 heavy (non-hydrogen) atoms. The molecule has 0 aliphatic rings. The Morgan fingerprint density at radius 3 is 2.65 bits per heavy atom. The highest BCUT2D eigenvalue weighted by Gasteiger charge is 2.17. The predicted molar refractivity (Wildman–Crippen MR) is 107 cm³/mol. The summed E-state index contributed by atoms with van der Waals surface area (Å²) in [5, 5.41) is 0. The first-order valence-corrected chi connectivity index (χ1v) is 9.83. The number of nitrogens with zero attached hydrogens (tertiary/aromatic N) is 3. The molecular formula is C18H26Cl2N4O2. The fourth-order valence-electron chi connectivity index (χ4n) is 2.88. The van der Waals surface area contributed by atoms with Crippen LogP contribution < -0.4 is 10.6 Å². The third kappa shape index (κ3) is 5.02. The van der Waals surface area contributed by atoms with E-state index in [0.29, 0.717) is 31.2 Å². The summed E-state index contributed by atoms with van der Waals surface area (Å²) >= 11 is 11.8. The molecule has 2 N–H and O–H groups in total. The van der Waals surface area contributed by atoms with Gasteiger partial charge in [-0.05, 0) is 31.5 Å². The number of aromatic nitrogens is 2. The van der Waals surface area contributed by atoms with Gasteiger partial charge in [-0.25, -0.2) is 4.98 Å². The molecule has 6 nitrogen and oxygen atoms in total. The highest BCUT2D eigenvalue weighted by Crippen LogP contribution is 2.23. The summed E-state index contributed by atoms with van der Waals surface area (Å²) < 4.78 is 6.98. The molecule has 1 aromatic heterocycles. The van der Waals surface area contributed by atoms with Gasteiger partial charge in [0.25, 0.3) is 0 Å². The first-order valence-electron chi connectivity index (χ1n) is 8.76. The second kappa shape index (κ2) is 10.00. The monoisotopic (exact) mass is 400 g/mol. The number of aryl methyl sites for hydroxylation is 2. The van der Waals surface area contributed by atoms with E-state index in [9.17, 15) is 4.79 Å². The summed E-state index contributed by atoms with van der Waals surface area (Å²) in [6.07, 6.45) is 1.10. The Labute approximate surface area is 164 Å². The third-order valence-electron chi connectivity index (χ3n) is 4.30. The second-order valence-corrected chi connectivity index (χ2v) is 6.78. The van der Waals surface area contributed by atoms with Crippen LogP contribution in [-0.4, -0.2) is 53.0 Å². The van der Waals surface area contributed by atoms with Crippen molar-refractivity contribution in [2.45, 2.75) is 25.8 Å². The smallest absolute Gasteiger partial charge is 0.322 e. The number of alkyl halides is 2.